The minimum absolute atomic E-state index is 0.0516. The van der Waals surface area contributed by atoms with Crippen LogP contribution in [0.3, 0.4) is 0 Å². The molecule has 28 heteroatoms. The Labute approximate surface area is 514 Å². The molecule has 0 saturated carbocycles. The first-order chi connectivity index (χ1) is 42.3. The van der Waals surface area contributed by atoms with E-state index >= 15 is 0 Å². The van der Waals surface area contributed by atoms with Crippen molar-refractivity contribution in [3.63, 3.8) is 0 Å². The number of ketones is 3. The number of phenols is 1. The van der Waals surface area contributed by atoms with Crippen LogP contribution in [0.2, 0.25) is 0 Å². The highest BCUT2D eigenvalue weighted by Gasteiger charge is 2.43. The van der Waals surface area contributed by atoms with Crippen LogP contribution in [0.5, 0.6) is 5.75 Å². The summed E-state index contributed by atoms with van der Waals surface area (Å²) in [5.41, 5.74) is 19.7. The molecule has 28 nitrogen and oxygen atoms in total. The molecule has 18 N–H and O–H groups in total. The fourth-order valence-corrected chi connectivity index (χ4v) is 10.4. The predicted molar refractivity (Wildman–Crippen MR) is 325 cm³/mol. The van der Waals surface area contributed by atoms with E-state index in [1.54, 1.807) is 36.5 Å². The zero-order valence-electron chi connectivity index (χ0n) is 50.2. The van der Waals surface area contributed by atoms with Crippen LogP contribution in [0.15, 0.2) is 90.1 Å². The Balaban J connectivity index is 1.28. The van der Waals surface area contributed by atoms with Gasteiger partial charge in [0.05, 0.1) is 49.2 Å². The molecule has 10 atom stereocenters. The third kappa shape index (κ3) is 22.1. The molecule has 4 aromatic rings. The van der Waals surface area contributed by atoms with Crippen molar-refractivity contribution in [2.24, 2.45) is 39.9 Å². The molecule has 2 heterocycles. The van der Waals surface area contributed by atoms with E-state index in [1.165, 1.54) is 38.2 Å². The summed E-state index contributed by atoms with van der Waals surface area (Å²) in [5, 5.41) is 59.8. The number of rotatable bonds is 35. The van der Waals surface area contributed by atoms with Crippen molar-refractivity contribution >= 4 is 81.6 Å². The summed E-state index contributed by atoms with van der Waals surface area (Å²) in [6.45, 7) is 2.99. The fourth-order valence-electron chi connectivity index (χ4n) is 10.4. The van der Waals surface area contributed by atoms with E-state index in [4.69, 9.17) is 17.2 Å². The first-order valence-corrected chi connectivity index (χ1v) is 29.3. The molecule has 1 fully saturated rings. The molecule has 89 heavy (non-hydrogen) atoms. The molecule has 0 aliphatic carbocycles. The minimum Gasteiger partial charge on any atom is -0.508 e. The van der Waals surface area contributed by atoms with Gasteiger partial charge in [0.25, 0.3) is 0 Å². The summed E-state index contributed by atoms with van der Waals surface area (Å²) in [6, 6.07) is 12.1. The van der Waals surface area contributed by atoms with Crippen LogP contribution in [-0.4, -0.2) is 183 Å². The average molecular weight is 1240 g/mol. The minimum atomic E-state index is -1.75. The number of primary amides is 2. The number of urea groups is 1. The van der Waals surface area contributed by atoms with Gasteiger partial charge in [-0.2, -0.15) is 0 Å². The SMILES string of the molecule is CN=C(N)NCCC[C@H](CC(=O)[C@H](CC(C)C)NC(=O)NCC(=O)[C@H](Cc1ccccc1)NC(=O)[C@@H](CC(=O)[C@H](CC(N)=O)NC(=O)[C@@H]1C[C@@H](O)CN1C(=O)[C@@H](Cc1ccc(O)cc1)NC(=O)CO)[C@@H](C)O)C(=O)N[C@@H](Cc1c[nH]c2ccccc12)C(N)=O. The highest BCUT2D eigenvalue weighted by atomic mass is 16.3. The van der Waals surface area contributed by atoms with Crippen LogP contribution in [0.1, 0.15) is 82.4 Å². The molecule has 0 unspecified atom stereocenters. The first-order valence-electron chi connectivity index (χ1n) is 29.3. The molecule has 9 amide bonds. The van der Waals surface area contributed by atoms with Gasteiger partial charge in [0.1, 0.15) is 30.5 Å². The number of aliphatic imine (C=N–C) groups is 1. The lowest BCUT2D eigenvalue weighted by atomic mass is 9.90. The molecule has 482 valence electrons. The summed E-state index contributed by atoms with van der Waals surface area (Å²) in [4.78, 5) is 158. The molecule has 1 aliphatic heterocycles. The molecule has 1 saturated heterocycles. The van der Waals surface area contributed by atoms with Crippen LogP contribution < -0.4 is 54.4 Å². The lowest BCUT2D eigenvalue weighted by Crippen LogP contribution is -2.56. The molecule has 0 radical (unpaired) electrons. The van der Waals surface area contributed by atoms with Crippen molar-refractivity contribution in [3.05, 3.63) is 102 Å². The second kappa shape index (κ2) is 34.3. The third-order valence-electron chi connectivity index (χ3n) is 15.1. The Hall–Kier alpha value is -9.28. The number of aromatic nitrogens is 1. The van der Waals surface area contributed by atoms with Gasteiger partial charge in [-0.05, 0) is 73.4 Å². The number of H-pyrrole nitrogens is 1. The molecule has 1 aliphatic rings. The number of aromatic hydroxyl groups is 1. The summed E-state index contributed by atoms with van der Waals surface area (Å²) in [7, 11) is 1.49. The van der Waals surface area contributed by atoms with E-state index in [0.29, 0.717) is 17.5 Å². The number of likely N-dealkylation sites (tertiary alicyclic amines) is 1. The average Bonchev–Trinajstić information content (AvgIpc) is 2.38. The number of carbonyl (C=O) groups excluding carboxylic acids is 11. The lowest BCUT2D eigenvalue weighted by molar-refractivity contribution is -0.142. The van der Waals surface area contributed by atoms with Crippen LogP contribution in [0.25, 0.3) is 10.9 Å². The van der Waals surface area contributed by atoms with Crippen LogP contribution in [0, 0.1) is 17.8 Å². The molecule has 5 rings (SSSR count). The zero-order chi connectivity index (χ0) is 65.5. The Kier molecular flexibility index (Phi) is 27.2. The molecular formula is C61H83N13O15. The number of hydrogen-bond donors (Lipinski definition) is 15. The Morgan fingerprint density at radius 2 is 1.34 bits per heavy atom. The number of Topliss-reactive ketones (excluding diaryl/α,β-unsaturated/α-hetero) is 3. The van der Waals surface area contributed by atoms with E-state index in [9.17, 15) is 73.2 Å². The number of amides is 9. The number of aliphatic hydroxyl groups excluding tert-OH is 3. The molecule has 0 spiro atoms. The number of guanidine groups is 1. The van der Waals surface area contributed by atoms with Crippen LogP contribution >= 0.6 is 0 Å². The van der Waals surface area contributed by atoms with Gasteiger partial charge < -0.3 is 84.7 Å². The fraction of sp³-hybridized carbons (Fsp3) is 0.475. The van der Waals surface area contributed by atoms with Gasteiger partial charge in [-0.15, -0.1) is 0 Å². The topological polar surface area (TPSA) is 462 Å². The number of nitrogens with two attached hydrogens (primary N) is 3. The quantitative estimate of drug-likeness (QED) is 0.0138. The number of aliphatic hydroxyl groups is 3. The number of nitrogens with one attached hydrogen (secondary N) is 8. The van der Waals surface area contributed by atoms with Crippen LogP contribution in [-0.2, 0) is 67.2 Å². The van der Waals surface area contributed by atoms with Gasteiger partial charge in [-0.1, -0.05) is 74.5 Å². The molecule has 1 aromatic heterocycles. The van der Waals surface area contributed by atoms with Crippen molar-refractivity contribution in [1.29, 1.82) is 0 Å². The summed E-state index contributed by atoms with van der Waals surface area (Å²) < 4.78 is 0. The van der Waals surface area contributed by atoms with E-state index in [-0.39, 0.29) is 69.1 Å². The first kappa shape index (κ1) is 70.5. The Bertz CT molecular complexity index is 3160. The van der Waals surface area contributed by atoms with Gasteiger partial charge in [0, 0.05) is 75.3 Å². The highest BCUT2D eigenvalue weighted by Crippen LogP contribution is 2.24. The number of hydrogen-bond acceptors (Lipinski definition) is 16. The number of nitrogens with zero attached hydrogens (tertiary/aromatic N) is 2. The number of phenolic OH excluding ortho intramolecular Hbond substituents is 1. The van der Waals surface area contributed by atoms with Gasteiger partial charge in [-0.25, -0.2) is 4.79 Å². The van der Waals surface area contributed by atoms with Gasteiger partial charge >= 0.3 is 6.03 Å². The maximum absolute atomic E-state index is 14.3. The maximum Gasteiger partial charge on any atom is 0.315 e. The number of aromatic amines is 1. The van der Waals surface area contributed by atoms with Gasteiger partial charge in [0.15, 0.2) is 23.3 Å². The smallest absolute Gasteiger partial charge is 0.315 e. The van der Waals surface area contributed by atoms with Crippen molar-refractivity contribution in [2.45, 2.75) is 133 Å². The zero-order valence-corrected chi connectivity index (χ0v) is 50.2. The molecule has 3 aromatic carbocycles. The second-order valence-electron chi connectivity index (χ2n) is 22.6. The Morgan fingerprint density at radius 1 is 0.697 bits per heavy atom. The largest absolute Gasteiger partial charge is 0.508 e. The van der Waals surface area contributed by atoms with E-state index in [0.717, 1.165) is 21.4 Å². The van der Waals surface area contributed by atoms with E-state index in [1.807, 2.05) is 38.1 Å². The number of fused-ring (bicyclic) bond motifs is 1. The van der Waals surface area contributed by atoms with Gasteiger partial charge in [0.2, 0.25) is 41.4 Å². The monoisotopic (exact) mass is 1240 g/mol. The number of para-hydroxylation sites is 1. The number of β-amino-alcohol motifs (C(OH)–C–C–N with tert-alkyl or cyclic N) is 1. The van der Waals surface area contributed by atoms with Crippen molar-refractivity contribution in [1.82, 2.24) is 47.1 Å². The van der Waals surface area contributed by atoms with Crippen molar-refractivity contribution in [2.75, 3.05) is 33.3 Å². The van der Waals surface area contributed by atoms with Crippen LogP contribution in [0.4, 0.5) is 4.79 Å². The van der Waals surface area contributed by atoms with Crippen molar-refractivity contribution < 1.29 is 73.2 Å². The Morgan fingerprint density at radius 3 is 1.98 bits per heavy atom. The lowest BCUT2D eigenvalue weighted by Gasteiger charge is -2.30. The van der Waals surface area contributed by atoms with E-state index in [2.05, 4.69) is 47.2 Å². The highest BCUT2D eigenvalue weighted by molar-refractivity contribution is 6.00. The summed E-state index contributed by atoms with van der Waals surface area (Å²) >= 11 is 0. The summed E-state index contributed by atoms with van der Waals surface area (Å²) in [6.07, 6.45) is -3.21. The molecule has 0 bridgehead atoms. The van der Waals surface area contributed by atoms with E-state index < -0.39 is 158 Å². The molecular weight excluding hydrogens is 1150 g/mol. The third-order valence-corrected chi connectivity index (χ3v) is 15.1. The number of benzene rings is 3. The van der Waals surface area contributed by atoms with Gasteiger partial charge in [-0.3, -0.25) is 52.9 Å². The normalized spacial score (nSPS) is 16.7. The van der Waals surface area contributed by atoms with Crippen molar-refractivity contribution in [3.8, 4) is 5.75 Å². The predicted octanol–water partition coefficient (Wildman–Crippen LogP) is -1.72. The number of carbonyl (C=O) groups is 11. The summed E-state index contributed by atoms with van der Waals surface area (Å²) in [5.74, 6) is -11.3. The maximum atomic E-state index is 14.3. The standard InChI is InChI=1S/C61H83N13O15/c1-33(2)21-44(50(79)25-37(13-10-20-66-60(64)65-4)56(85)72-47(55(63)84)24-38-29-67-43-15-9-8-14-41(38)43)73-61(89)68-30-52(81)45(22-35-11-6-5-7-12-35)70-57(86)42(34(3)76)27-51(80)46(28-53(62)82)71-58(87)49-26-40(78)31-74(49)59(88)48(69-54(83)32-75)23-36-16-18-39(77)19-17-36/h5-9,11-12,14-19,29,33-34,37,40,42,44-49,67,75-78H,10,13,20-28,30-32H2,1-4H3,(H2,62,82)(H2,63,84)(H,69,83)(H,70,86)(H,71,87)(H,72,85)(H3,64,65,66)(H2,68,73,89)/t34-,37-,40-,42+,44+,45+,46+,47+,48-,49+/m1/s1. The second-order valence-corrected chi connectivity index (χ2v) is 22.6.